The maximum Gasteiger partial charge on any atom is 0.253 e. The monoisotopic (exact) mass is 627 g/mol. The van der Waals surface area contributed by atoms with Gasteiger partial charge in [-0.2, -0.15) is 0 Å². The molecule has 240 valence electrons. The molecular weight excluding hydrogens is 581 g/mol. The normalized spacial score (nSPS) is 24.3. The smallest absolute Gasteiger partial charge is 0.253 e. The Morgan fingerprint density at radius 3 is 2.41 bits per heavy atom. The largest absolute Gasteiger partial charge is 0.382 e. The number of anilines is 1. The van der Waals surface area contributed by atoms with Gasteiger partial charge in [0.25, 0.3) is 5.91 Å². The number of halogens is 1. The number of nitrogens with zero attached hydrogens (tertiary/aromatic N) is 2. The van der Waals surface area contributed by atoms with Gasteiger partial charge in [-0.15, -0.1) is 0 Å². The van der Waals surface area contributed by atoms with Crippen molar-refractivity contribution in [2.24, 2.45) is 11.1 Å². The number of rotatable bonds is 8. The summed E-state index contributed by atoms with van der Waals surface area (Å²) in [5.41, 5.74) is 8.35. The first-order valence-corrected chi connectivity index (χ1v) is 18.0. The average molecular weight is 628 g/mol. The van der Waals surface area contributed by atoms with Crippen LogP contribution >= 0.6 is 0 Å². The molecule has 1 aromatic heterocycles. The fraction of sp³-hybridized carbons (Fsp3) is 0.636. The minimum atomic E-state index is -3.49. The Labute approximate surface area is 260 Å². The predicted octanol–water partition coefficient (Wildman–Crippen LogP) is 4.28. The Bertz CT molecular complexity index is 1550. The number of hydrogen-bond acceptors (Lipinski definition) is 6. The number of benzene rings is 1. The summed E-state index contributed by atoms with van der Waals surface area (Å²) in [7, 11) is -3.49. The van der Waals surface area contributed by atoms with Crippen LogP contribution in [0.2, 0.25) is 0 Å². The minimum Gasteiger partial charge on any atom is -0.382 e. The lowest BCUT2D eigenvalue weighted by atomic mass is 9.89. The zero-order chi connectivity index (χ0) is 31.2. The van der Waals surface area contributed by atoms with E-state index in [0.717, 1.165) is 63.0 Å². The number of hydrogen-bond donors (Lipinski definition) is 3. The van der Waals surface area contributed by atoms with E-state index in [0.29, 0.717) is 47.6 Å². The van der Waals surface area contributed by atoms with Gasteiger partial charge in [0.2, 0.25) is 5.91 Å². The number of nitrogens with one attached hydrogen (secondary N) is 2. The number of primary amides is 1. The summed E-state index contributed by atoms with van der Waals surface area (Å²) in [5.74, 6) is -1.40. The van der Waals surface area contributed by atoms with Crippen LogP contribution in [-0.4, -0.2) is 67.2 Å². The van der Waals surface area contributed by atoms with Gasteiger partial charge in [0, 0.05) is 36.4 Å². The molecule has 2 amide bonds. The van der Waals surface area contributed by atoms with E-state index in [9.17, 15) is 18.0 Å². The second kappa shape index (κ2) is 12.1. The third-order valence-corrected chi connectivity index (χ3v) is 12.2. The molecule has 11 heteroatoms. The Kier molecular flexibility index (Phi) is 8.56. The molecule has 0 unspecified atom stereocenters. The number of likely N-dealkylation sites (tertiary alicyclic amines) is 1. The van der Waals surface area contributed by atoms with E-state index in [1.165, 1.54) is 25.3 Å². The number of carbonyl (C=O) groups is 2. The van der Waals surface area contributed by atoms with Crippen LogP contribution in [0.5, 0.6) is 0 Å². The van der Waals surface area contributed by atoms with Crippen LogP contribution in [0.4, 0.5) is 10.1 Å². The average Bonchev–Trinajstić information content (AvgIpc) is 3.52. The second-order valence-corrected chi connectivity index (χ2v) is 16.0. The number of piperidine rings is 1. The van der Waals surface area contributed by atoms with E-state index in [1.54, 1.807) is 6.07 Å². The zero-order valence-corrected chi connectivity index (χ0v) is 26.8. The van der Waals surface area contributed by atoms with E-state index in [2.05, 4.69) is 15.5 Å². The summed E-state index contributed by atoms with van der Waals surface area (Å²) in [6.07, 6.45) is 10.1. The Hall–Kier alpha value is -2.92. The van der Waals surface area contributed by atoms with E-state index < -0.39 is 27.0 Å². The summed E-state index contributed by atoms with van der Waals surface area (Å²) in [5, 5.41) is 6.60. The molecule has 4 aliphatic rings. The van der Waals surface area contributed by atoms with Gasteiger partial charge < -0.3 is 25.8 Å². The molecule has 0 radical (unpaired) electrons. The number of aromatic nitrogens is 1. The highest BCUT2D eigenvalue weighted by molar-refractivity contribution is 7.91. The van der Waals surface area contributed by atoms with Crippen molar-refractivity contribution in [1.29, 1.82) is 0 Å². The van der Waals surface area contributed by atoms with Crippen molar-refractivity contribution in [1.82, 2.24) is 14.8 Å². The molecule has 0 atom stereocenters. The number of nitrogens with two attached hydrogens (primary N) is 1. The third kappa shape index (κ3) is 6.27. The molecule has 2 aliphatic carbocycles. The number of fused-ring (bicyclic) bond motifs is 3. The molecule has 44 heavy (non-hydrogen) atoms. The highest BCUT2D eigenvalue weighted by Gasteiger charge is 2.42. The van der Waals surface area contributed by atoms with Crippen molar-refractivity contribution in [3.8, 4) is 5.69 Å². The van der Waals surface area contributed by atoms with Gasteiger partial charge in [0.05, 0.1) is 27.6 Å². The first-order chi connectivity index (χ1) is 20.9. The Morgan fingerprint density at radius 2 is 1.70 bits per heavy atom. The van der Waals surface area contributed by atoms with E-state index in [-0.39, 0.29) is 29.3 Å². The summed E-state index contributed by atoms with van der Waals surface area (Å²) >= 11 is 0. The van der Waals surface area contributed by atoms with Gasteiger partial charge in [-0.3, -0.25) is 9.59 Å². The van der Waals surface area contributed by atoms with Gasteiger partial charge in [-0.1, -0.05) is 20.3 Å². The van der Waals surface area contributed by atoms with Crippen LogP contribution in [-0.2, 0) is 33.9 Å². The predicted molar refractivity (Wildman–Crippen MR) is 169 cm³/mol. The van der Waals surface area contributed by atoms with Crippen molar-refractivity contribution in [2.45, 2.75) is 108 Å². The maximum atomic E-state index is 15.7. The van der Waals surface area contributed by atoms with Crippen LogP contribution in [0.15, 0.2) is 17.0 Å². The number of sulfone groups is 1. The fourth-order valence-corrected chi connectivity index (χ4v) is 10.4. The molecule has 1 saturated heterocycles. The lowest BCUT2D eigenvalue weighted by Gasteiger charge is -2.32. The summed E-state index contributed by atoms with van der Waals surface area (Å²) < 4.78 is 44.5. The fourth-order valence-electron chi connectivity index (χ4n) is 8.02. The lowest BCUT2D eigenvalue weighted by Crippen LogP contribution is -2.41. The van der Waals surface area contributed by atoms with Gasteiger partial charge in [-0.05, 0) is 100 Å². The molecule has 2 aromatic rings. The molecule has 0 spiro atoms. The molecule has 1 aromatic carbocycles. The first kappa shape index (κ1) is 31.1. The third-order valence-electron chi connectivity index (χ3n) is 9.94. The molecular formula is C33H46FN5O4S. The van der Waals surface area contributed by atoms with Crippen LogP contribution in [0.1, 0.15) is 98.9 Å². The number of amides is 2. The van der Waals surface area contributed by atoms with Crippen LogP contribution < -0.4 is 16.4 Å². The van der Waals surface area contributed by atoms with Gasteiger partial charge in [0.15, 0.2) is 9.84 Å². The standard InChI is InChI=1S/C33H46FN5O4S/c1-33(2)19-28-31(44(42,43)20-33)24-7-6-8-27(24)39(28)23-17-25(34)30(32(35)41)26(18-23)36-21-9-11-22(12-10-21)37-29(40)13-16-38-14-4-3-5-15-38/h17-18,21-22,36H,3-16,19-20H2,1-2H3,(H2,35,41)(H,37,40). The molecule has 3 heterocycles. The topological polar surface area (TPSA) is 127 Å². The van der Waals surface area contributed by atoms with E-state index >= 15 is 4.39 Å². The molecule has 0 bridgehead atoms. The quantitative estimate of drug-likeness (QED) is 0.401. The molecule has 2 fully saturated rings. The molecule has 1 saturated carbocycles. The molecule has 4 N–H and O–H groups in total. The van der Waals surface area contributed by atoms with Crippen LogP contribution in [0.25, 0.3) is 5.69 Å². The van der Waals surface area contributed by atoms with Crippen molar-refractivity contribution < 1.29 is 22.4 Å². The first-order valence-electron chi connectivity index (χ1n) is 16.3. The summed E-state index contributed by atoms with van der Waals surface area (Å²) in [6.45, 7) is 6.86. The van der Waals surface area contributed by atoms with Crippen molar-refractivity contribution in [3.63, 3.8) is 0 Å². The van der Waals surface area contributed by atoms with Crippen LogP contribution in [0, 0.1) is 11.2 Å². The summed E-state index contributed by atoms with van der Waals surface area (Å²) in [4.78, 5) is 27.8. The SMILES string of the molecule is CC1(C)Cc2c(c3c(n2-c2cc(F)c(C(N)=O)c(NC4CCC(NC(=O)CCN5CCCCC5)CC4)c2)CCC3)S(=O)(=O)C1. The van der Waals surface area contributed by atoms with Crippen molar-refractivity contribution in [3.05, 3.63) is 40.5 Å². The molecule has 2 aliphatic heterocycles. The van der Waals surface area contributed by atoms with E-state index in [4.69, 9.17) is 5.73 Å². The second-order valence-electron chi connectivity index (χ2n) is 14.1. The molecule has 9 nitrogen and oxygen atoms in total. The summed E-state index contributed by atoms with van der Waals surface area (Å²) in [6, 6.07) is 3.15. The molecule has 6 rings (SSSR count). The van der Waals surface area contributed by atoms with Crippen molar-refractivity contribution in [2.75, 3.05) is 30.7 Å². The number of carbonyl (C=O) groups excluding carboxylic acids is 2. The zero-order valence-electron chi connectivity index (χ0n) is 26.0. The minimum absolute atomic E-state index is 0.0205. The van der Waals surface area contributed by atoms with Gasteiger partial charge in [0.1, 0.15) is 5.82 Å². The highest BCUT2D eigenvalue weighted by Crippen LogP contribution is 2.45. The van der Waals surface area contributed by atoms with Crippen molar-refractivity contribution >= 4 is 27.3 Å². The lowest BCUT2D eigenvalue weighted by molar-refractivity contribution is -0.122. The van der Waals surface area contributed by atoms with E-state index in [1.807, 2.05) is 18.4 Å². The van der Waals surface area contributed by atoms with Gasteiger partial charge in [-0.25, -0.2) is 12.8 Å². The Morgan fingerprint density at radius 1 is 1.00 bits per heavy atom. The highest BCUT2D eigenvalue weighted by atomic mass is 32.2. The Balaban J connectivity index is 1.20. The van der Waals surface area contributed by atoms with Gasteiger partial charge >= 0.3 is 0 Å². The maximum absolute atomic E-state index is 15.7. The van der Waals surface area contributed by atoms with Crippen LogP contribution in [0.3, 0.4) is 0 Å².